The Morgan fingerprint density at radius 3 is 2.75 bits per heavy atom. The second-order valence-electron chi connectivity index (χ2n) is 4.57. The molecule has 0 atom stereocenters. The van der Waals surface area contributed by atoms with Gasteiger partial charge in [-0.3, -0.25) is 9.36 Å². The number of aromatic nitrogens is 1. The number of halogens is 1. The van der Waals surface area contributed by atoms with Crippen LogP contribution >= 0.6 is 22.9 Å². The Kier molecular flexibility index (Phi) is 3.51. The summed E-state index contributed by atoms with van der Waals surface area (Å²) in [6, 6.07) is 13.2. The molecule has 0 aliphatic rings. The number of nitrogens with zero attached hydrogens (tertiary/aromatic N) is 1. The zero-order valence-corrected chi connectivity index (χ0v) is 12.2. The Labute approximate surface area is 125 Å². The van der Waals surface area contributed by atoms with E-state index in [1.54, 1.807) is 4.57 Å². The molecule has 0 spiro atoms. The minimum Gasteiger partial charge on any atom is -0.385 e. The molecule has 0 fully saturated rings. The van der Waals surface area contributed by atoms with Crippen LogP contribution in [0.15, 0.2) is 47.3 Å². The van der Waals surface area contributed by atoms with Crippen molar-refractivity contribution in [1.82, 2.24) is 4.57 Å². The van der Waals surface area contributed by atoms with Crippen molar-refractivity contribution in [3.8, 4) is 0 Å². The molecule has 0 amide bonds. The fraction of sp³-hybridized carbons (Fsp3) is 0.133. The number of anilines is 1. The molecule has 20 heavy (non-hydrogen) atoms. The molecule has 0 saturated carbocycles. The van der Waals surface area contributed by atoms with E-state index in [4.69, 9.17) is 17.3 Å². The molecule has 5 heteroatoms. The van der Waals surface area contributed by atoms with Gasteiger partial charge in [-0.2, -0.15) is 0 Å². The summed E-state index contributed by atoms with van der Waals surface area (Å²) in [5.41, 5.74) is 5.96. The summed E-state index contributed by atoms with van der Waals surface area (Å²) in [5.74, 6) is 0.497. The van der Waals surface area contributed by atoms with Gasteiger partial charge in [-0.25, -0.2) is 0 Å². The normalized spacial score (nSPS) is 11.1. The minimum absolute atomic E-state index is 0.0387. The minimum atomic E-state index is -0.0387. The van der Waals surface area contributed by atoms with Gasteiger partial charge in [0.15, 0.2) is 0 Å². The van der Waals surface area contributed by atoms with Gasteiger partial charge in [0.2, 0.25) is 0 Å². The Morgan fingerprint density at radius 1 is 1.20 bits per heavy atom. The van der Waals surface area contributed by atoms with Gasteiger partial charge in [0, 0.05) is 16.8 Å². The van der Waals surface area contributed by atoms with Crippen LogP contribution in [0.25, 0.3) is 10.8 Å². The summed E-state index contributed by atoms with van der Waals surface area (Å²) < 4.78 is 2.38. The highest BCUT2D eigenvalue weighted by molar-refractivity contribution is 7.16. The van der Waals surface area contributed by atoms with Crippen LogP contribution in [0.5, 0.6) is 0 Å². The Hall–Kier alpha value is -1.78. The Bertz CT molecular complexity index is 822. The van der Waals surface area contributed by atoms with Crippen LogP contribution in [0.3, 0.4) is 0 Å². The van der Waals surface area contributed by atoms with E-state index in [1.807, 2.05) is 42.5 Å². The van der Waals surface area contributed by atoms with E-state index in [0.717, 1.165) is 21.0 Å². The van der Waals surface area contributed by atoms with Crippen LogP contribution in [0, 0.1) is 0 Å². The lowest BCUT2D eigenvalue weighted by atomic mass is 10.1. The zero-order valence-electron chi connectivity index (χ0n) is 10.7. The summed E-state index contributed by atoms with van der Waals surface area (Å²) >= 11 is 7.44. The molecule has 3 rings (SSSR count). The number of rotatable bonds is 3. The third kappa shape index (κ3) is 2.44. The number of fused-ring (bicyclic) bond motifs is 1. The van der Waals surface area contributed by atoms with Gasteiger partial charge in [0.25, 0.3) is 5.56 Å². The monoisotopic (exact) mass is 304 g/mol. The molecular weight excluding hydrogens is 292 g/mol. The SMILES string of the molecule is Nc1cc2ccccc2c(=O)n1CCc1ccc(Cl)s1. The van der Waals surface area contributed by atoms with Crippen LogP contribution in [-0.4, -0.2) is 4.57 Å². The van der Waals surface area contributed by atoms with E-state index >= 15 is 0 Å². The predicted octanol–water partition coefficient (Wildman–Crippen LogP) is 3.54. The molecule has 0 aliphatic heterocycles. The van der Waals surface area contributed by atoms with Gasteiger partial charge in [0.05, 0.1) is 4.34 Å². The molecule has 0 aliphatic carbocycles. The second kappa shape index (κ2) is 5.31. The van der Waals surface area contributed by atoms with Crippen LogP contribution < -0.4 is 11.3 Å². The van der Waals surface area contributed by atoms with Crippen molar-refractivity contribution >= 4 is 39.5 Å². The molecule has 102 valence electrons. The first-order valence-electron chi connectivity index (χ1n) is 6.27. The highest BCUT2D eigenvalue weighted by Gasteiger charge is 2.07. The number of hydrogen-bond donors (Lipinski definition) is 1. The smallest absolute Gasteiger partial charge is 0.259 e. The van der Waals surface area contributed by atoms with Crippen LogP contribution in [-0.2, 0) is 13.0 Å². The number of nitrogen functional groups attached to an aromatic ring is 1. The highest BCUT2D eigenvalue weighted by atomic mass is 35.5. The van der Waals surface area contributed by atoms with Crippen molar-refractivity contribution in [2.75, 3.05) is 5.73 Å². The van der Waals surface area contributed by atoms with Gasteiger partial charge in [-0.1, -0.05) is 29.8 Å². The predicted molar refractivity (Wildman–Crippen MR) is 85.7 cm³/mol. The summed E-state index contributed by atoms with van der Waals surface area (Å²) in [4.78, 5) is 13.6. The number of thiophene rings is 1. The van der Waals surface area contributed by atoms with Gasteiger partial charge in [0.1, 0.15) is 5.82 Å². The molecule has 0 unspecified atom stereocenters. The molecule has 3 aromatic rings. The van der Waals surface area contributed by atoms with E-state index in [9.17, 15) is 4.79 Å². The molecule has 0 bridgehead atoms. The quantitative estimate of drug-likeness (QED) is 0.804. The topological polar surface area (TPSA) is 48.0 Å². The maximum absolute atomic E-state index is 12.4. The number of hydrogen-bond acceptors (Lipinski definition) is 3. The van der Waals surface area contributed by atoms with Crippen molar-refractivity contribution < 1.29 is 0 Å². The average molecular weight is 305 g/mol. The van der Waals surface area contributed by atoms with Crippen molar-refractivity contribution in [3.05, 3.63) is 62.0 Å². The van der Waals surface area contributed by atoms with E-state index in [1.165, 1.54) is 11.3 Å². The molecule has 1 aromatic carbocycles. The molecule has 2 heterocycles. The maximum atomic E-state index is 12.4. The number of pyridine rings is 1. The largest absolute Gasteiger partial charge is 0.385 e. The number of nitrogens with two attached hydrogens (primary N) is 1. The number of aryl methyl sites for hydroxylation is 1. The second-order valence-corrected chi connectivity index (χ2v) is 6.37. The Balaban J connectivity index is 1.97. The summed E-state index contributed by atoms with van der Waals surface area (Å²) in [7, 11) is 0. The zero-order chi connectivity index (χ0) is 14.1. The van der Waals surface area contributed by atoms with E-state index in [0.29, 0.717) is 17.7 Å². The van der Waals surface area contributed by atoms with Gasteiger partial charge < -0.3 is 5.73 Å². The first-order chi connectivity index (χ1) is 9.65. The summed E-state index contributed by atoms with van der Waals surface area (Å²) in [5, 5.41) is 1.58. The van der Waals surface area contributed by atoms with Crippen molar-refractivity contribution in [2.24, 2.45) is 0 Å². The van der Waals surface area contributed by atoms with Crippen molar-refractivity contribution in [3.63, 3.8) is 0 Å². The third-order valence-corrected chi connectivity index (χ3v) is 4.55. The van der Waals surface area contributed by atoms with Gasteiger partial charge >= 0.3 is 0 Å². The first kappa shape index (κ1) is 13.2. The van der Waals surface area contributed by atoms with Crippen LogP contribution in [0.1, 0.15) is 4.88 Å². The average Bonchev–Trinajstić information content (AvgIpc) is 2.84. The fourth-order valence-corrected chi connectivity index (χ4v) is 3.33. The summed E-state index contributed by atoms with van der Waals surface area (Å²) in [6.45, 7) is 0.562. The molecule has 2 aromatic heterocycles. The number of benzene rings is 1. The van der Waals surface area contributed by atoms with Gasteiger partial charge in [-0.05, 0) is 36.1 Å². The Morgan fingerprint density at radius 2 is 2.00 bits per heavy atom. The lowest BCUT2D eigenvalue weighted by molar-refractivity contribution is 0.690. The first-order valence-corrected chi connectivity index (χ1v) is 7.47. The highest BCUT2D eigenvalue weighted by Crippen LogP contribution is 2.22. The standard InChI is InChI=1S/C15H13ClN2OS/c16-13-6-5-11(20-13)7-8-18-14(17)9-10-3-1-2-4-12(10)15(18)19/h1-6,9H,7-8,17H2. The molecule has 0 radical (unpaired) electrons. The van der Waals surface area contributed by atoms with Crippen molar-refractivity contribution in [1.29, 1.82) is 0 Å². The maximum Gasteiger partial charge on any atom is 0.259 e. The van der Waals surface area contributed by atoms with Gasteiger partial charge in [-0.15, -0.1) is 11.3 Å². The van der Waals surface area contributed by atoms with Crippen LogP contribution in [0.4, 0.5) is 5.82 Å². The van der Waals surface area contributed by atoms with E-state index < -0.39 is 0 Å². The van der Waals surface area contributed by atoms with E-state index in [2.05, 4.69) is 0 Å². The lowest BCUT2D eigenvalue weighted by Crippen LogP contribution is -2.23. The fourth-order valence-electron chi connectivity index (χ4n) is 2.26. The van der Waals surface area contributed by atoms with E-state index in [-0.39, 0.29) is 5.56 Å². The molecular formula is C15H13ClN2OS. The van der Waals surface area contributed by atoms with Crippen molar-refractivity contribution in [2.45, 2.75) is 13.0 Å². The third-order valence-electron chi connectivity index (χ3n) is 3.26. The van der Waals surface area contributed by atoms with Crippen LogP contribution in [0.2, 0.25) is 4.34 Å². The summed E-state index contributed by atoms with van der Waals surface area (Å²) in [6.07, 6.45) is 0.750. The lowest BCUT2D eigenvalue weighted by Gasteiger charge is -2.10. The molecule has 0 saturated heterocycles. The molecule has 2 N–H and O–H groups in total. The molecule has 3 nitrogen and oxygen atoms in total.